The Bertz CT molecular complexity index is 601. The van der Waals surface area contributed by atoms with Gasteiger partial charge in [0.15, 0.2) is 0 Å². The Morgan fingerprint density at radius 2 is 1.58 bits per heavy atom. The zero-order valence-corrected chi connectivity index (χ0v) is 14.9. The van der Waals surface area contributed by atoms with Crippen LogP contribution in [0.15, 0.2) is 24.3 Å². The van der Waals surface area contributed by atoms with E-state index in [0.29, 0.717) is 11.8 Å². The Kier molecular flexibility index (Phi) is 5.88. The molecule has 0 spiro atoms. The van der Waals surface area contributed by atoms with Crippen LogP contribution in [0.5, 0.6) is 0 Å². The molecule has 1 aromatic carbocycles. The highest BCUT2D eigenvalue weighted by atomic mass is 35.5. The number of carbonyl (C=O) groups is 2. The second kappa shape index (κ2) is 7.53. The first kappa shape index (κ1) is 18.7. The number of halogens is 1. The Balaban J connectivity index is 0.00000208. The molecule has 2 aliphatic rings. The maximum absolute atomic E-state index is 12.5. The first-order valence-corrected chi connectivity index (χ1v) is 8.43. The lowest BCUT2D eigenvalue weighted by Crippen LogP contribution is -2.42. The van der Waals surface area contributed by atoms with Crippen molar-refractivity contribution in [2.75, 3.05) is 10.6 Å². The van der Waals surface area contributed by atoms with E-state index in [4.69, 9.17) is 5.73 Å². The molecule has 0 aromatic heterocycles. The molecule has 1 aromatic rings. The van der Waals surface area contributed by atoms with Gasteiger partial charge in [0.1, 0.15) is 0 Å². The van der Waals surface area contributed by atoms with Gasteiger partial charge in [-0.25, -0.2) is 0 Å². The minimum absolute atomic E-state index is 0. The summed E-state index contributed by atoms with van der Waals surface area (Å²) in [4.78, 5) is 24.2. The average Bonchev–Trinajstić information content (AvgIpc) is 3.09. The standard InChI is InChI=1S/C18H25N3O2.ClH/c1-10(2)17(22)20-13-5-7-14(8-6-13)21-18(23)15-11-3-4-12(9-11)16(15)19;/h5-8,10-12,15-16H,3-4,9,19H2,1-2H3,(H,20,22)(H,21,23);1H. The maximum Gasteiger partial charge on any atom is 0.229 e. The highest BCUT2D eigenvalue weighted by Crippen LogP contribution is 2.47. The summed E-state index contributed by atoms with van der Waals surface area (Å²) in [5.74, 6) is 0.852. The smallest absolute Gasteiger partial charge is 0.229 e. The van der Waals surface area contributed by atoms with Crippen molar-refractivity contribution >= 4 is 35.6 Å². The van der Waals surface area contributed by atoms with Crippen LogP contribution in [-0.2, 0) is 9.59 Å². The maximum atomic E-state index is 12.5. The molecule has 0 aliphatic heterocycles. The van der Waals surface area contributed by atoms with Gasteiger partial charge in [0.2, 0.25) is 11.8 Å². The summed E-state index contributed by atoms with van der Waals surface area (Å²) in [6.07, 6.45) is 3.38. The predicted octanol–water partition coefficient (Wildman–Crippen LogP) is 3.01. The summed E-state index contributed by atoms with van der Waals surface area (Å²) in [5.41, 5.74) is 7.70. The van der Waals surface area contributed by atoms with E-state index in [1.807, 2.05) is 26.0 Å². The van der Waals surface area contributed by atoms with Crippen LogP contribution in [0.2, 0.25) is 0 Å². The second-order valence-electron chi connectivity index (χ2n) is 7.15. The number of nitrogens with one attached hydrogen (secondary N) is 2. The largest absolute Gasteiger partial charge is 0.327 e. The molecule has 2 bridgehead atoms. The van der Waals surface area contributed by atoms with E-state index in [1.54, 1.807) is 12.1 Å². The summed E-state index contributed by atoms with van der Waals surface area (Å²) < 4.78 is 0. The van der Waals surface area contributed by atoms with Crippen LogP contribution < -0.4 is 16.4 Å². The Morgan fingerprint density at radius 1 is 1.04 bits per heavy atom. The molecule has 2 aliphatic carbocycles. The number of fused-ring (bicyclic) bond motifs is 2. The minimum atomic E-state index is -0.0614. The predicted molar refractivity (Wildman–Crippen MR) is 98.1 cm³/mol. The molecule has 2 saturated carbocycles. The van der Waals surface area contributed by atoms with Crippen molar-refractivity contribution in [3.05, 3.63) is 24.3 Å². The van der Waals surface area contributed by atoms with Crippen molar-refractivity contribution in [1.29, 1.82) is 0 Å². The molecule has 3 rings (SSSR count). The first-order chi connectivity index (χ1) is 11.0. The third-order valence-corrected chi connectivity index (χ3v) is 5.23. The number of rotatable bonds is 4. The van der Waals surface area contributed by atoms with Gasteiger partial charge >= 0.3 is 0 Å². The Morgan fingerprint density at radius 3 is 2.08 bits per heavy atom. The minimum Gasteiger partial charge on any atom is -0.327 e. The van der Waals surface area contributed by atoms with Gasteiger partial charge in [-0.15, -0.1) is 12.4 Å². The molecule has 4 atom stereocenters. The monoisotopic (exact) mass is 351 g/mol. The molecule has 2 amide bonds. The molecule has 4 N–H and O–H groups in total. The molecule has 0 saturated heterocycles. The topological polar surface area (TPSA) is 84.2 Å². The fraction of sp³-hybridized carbons (Fsp3) is 0.556. The van der Waals surface area contributed by atoms with Gasteiger partial charge in [0.05, 0.1) is 5.92 Å². The normalized spacial score (nSPS) is 27.7. The number of benzene rings is 1. The average molecular weight is 352 g/mol. The van der Waals surface area contributed by atoms with Crippen LogP contribution in [0.25, 0.3) is 0 Å². The van der Waals surface area contributed by atoms with Gasteiger partial charge in [0, 0.05) is 23.3 Å². The van der Waals surface area contributed by atoms with E-state index >= 15 is 0 Å². The van der Waals surface area contributed by atoms with Crippen molar-refractivity contribution in [3.63, 3.8) is 0 Å². The SMILES string of the molecule is CC(C)C(=O)Nc1ccc(NC(=O)C2C3CCC(C3)C2N)cc1.Cl. The van der Waals surface area contributed by atoms with E-state index in [9.17, 15) is 9.59 Å². The molecule has 24 heavy (non-hydrogen) atoms. The van der Waals surface area contributed by atoms with Crippen molar-refractivity contribution in [2.24, 2.45) is 29.4 Å². The number of amides is 2. The quantitative estimate of drug-likeness (QED) is 0.779. The van der Waals surface area contributed by atoms with E-state index in [2.05, 4.69) is 10.6 Å². The molecular formula is C18H26ClN3O2. The fourth-order valence-corrected chi connectivity index (χ4v) is 3.87. The van der Waals surface area contributed by atoms with E-state index < -0.39 is 0 Å². The van der Waals surface area contributed by atoms with Gasteiger partial charge in [0.25, 0.3) is 0 Å². The van der Waals surface area contributed by atoms with Crippen LogP contribution in [0.4, 0.5) is 11.4 Å². The van der Waals surface area contributed by atoms with Crippen molar-refractivity contribution in [1.82, 2.24) is 0 Å². The fourth-order valence-electron chi connectivity index (χ4n) is 3.87. The molecule has 132 valence electrons. The second-order valence-corrected chi connectivity index (χ2v) is 7.15. The summed E-state index contributed by atoms with van der Waals surface area (Å²) in [7, 11) is 0. The highest BCUT2D eigenvalue weighted by molar-refractivity contribution is 5.95. The van der Waals surface area contributed by atoms with Crippen molar-refractivity contribution in [2.45, 2.75) is 39.2 Å². The van der Waals surface area contributed by atoms with Crippen LogP contribution in [-0.4, -0.2) is 17.9 Å². The van der Waals surface area contributed by atoms with Crippen LogP contribution in [0, 0.1) is 23.7 Å². The zero-order valence-electron chi connectivity index (χ0n) is 14.1. The van der Waals surface area contributed by atoms with Crippen LogP contribution >= 0.6 is 12.4 Å². The lowest BCUT2D eigenvalue weighted by Gasteiger charge is -2.27. The first-order valence-electron chi connectivity index (χ1n) is 8.43. The number of hydrogen-bond acceptors (Lipinski definition) is 3. The van der Waals surface area contributed by atoms with Gasteiger partial charge in [-0.3, -0.25) is 9.59 Å². The van der Waals surface area contributed by atoms with E-state index in [0.717, 1.165) is 24.2 Å². The molecule has 5 nitrogen and oxygen atoms in total. The lowest BCUT2D eigenvalue weighted by molar-refractivity contribution is -0.122. The highest BCUT2D eigenvalue weighted by Gasteiger charge is 2.49. The van der Waals surface area contributed by atoms with Gasteiger partial charge in [-0.2, -0.15) is 0 Å². The molecular weight excluding hydrogens is 326 g/mol. The number of nitrogens with two attached hydrogens (primary N) is 1. The third-order valence-electron chi connectivity index (χ3n) is 5.23. The van der Waals surface area contributed by atoms with E-state index in [1.165, 1.54) is 6.42 Å². The number of anilines is 2. The van der Waals surface area contributed by atoms with Gasteiger partial charge < -0.3 is 16.4 Å². The van der Waals surface area contributed by atoms with Gasteiger partial charge in [-0.1, -0.05) is 13.8 Å². The summed E-state index contributed by atoms with van der Waals surface area (Å²) >= 11 is 0. The van der Waals surface area contributed by atoms with Crippen LogP contribution in [0.1, 0.15) is 33.1 Å². The van der Waals surface area contributed by atoms with Crippen LogP contribution in [0.3, 0.4) is 0 Å². The van der Waals surface area contributed by atoms with E-state index in [-0.39, 0.29) is 42.1 Å². The Labute approximate surface area is 149 Å². The molecule has 2 fully saturated rings. The summed E-state index contributed by atoms with van der Waals surface area (Å²) in [6.45, 7) is 3.70. The Hall–Kier alpha value is -1.59. The third kappa shape index (κ3) is 3.73. The summed E-state index contributed by atoms with van der Waals surface area (Å²) in [6, 6.07) is 7.23. The molecule has 6 heteroatoms. The number of hydrogen-bond donors (Lipinski definition) is 3. The molecule has 0 heterocycles. The molecule has 4 unspecified atom stereocenters. The van der Waals surface area contributed by atoms with Crippen molar-refractivity contribution < 1.29 is 9.59 Å². The number of carbonyl (C=O) groups excluding carboxylic acids is 2. The summed E-state index contributed by atoms with van der Waals surface area (Å²) in [5, 5.41) is 5.81. The zero-order chi connectivity index (χ0) is 16.6. The van der Waals surface area contributed by atoms with Crippen molar-refractivity contribution in [3.8, 4) is 0 Å². The lowest BCUT2D eigenvalue weighted by atomic mass is 9.84. The van der Waals surface area contributed by atoms with Gasteiger partial charge in [-0.05, 0) is 55.4 Å². The molecule has 0 radical (unpaired) electrons.